The van der Waals surface area contributed by atoms with E-state index in [0.717, 1.165) is 6.26 Å². The van der Waals surface area contributed by atoms with E-state index in [1.807, 2.05) is 0 Å². The Bertz CT molecular complexity index is 823. The van der Waals surface area contributed by atoms with Crippen molar-refractivity contribution in [2.75, 3.05) is 6.26 Å². The molecule has 2 saturated carbocycles. The summed E-state index contributed by atoms with van der Waals surface area (Å²) >= 11 is 5.86. The number of carbonyl (C=O) groups is 3. The van der Waals surface area contributed by atoms with Gasteiger partial charge in [0.15, 0.2) is 31.9 Å². The summed E-state index contributed by atoms with van der Waals surface area (Å²) in [6.45, 7) is 0. The van der Waals surface area contributed by atoms with Crippen molar-refractivity contribution in [3.8, 4) is 0 Å². The first-order valence-electron chi connectivity index (χ1n) is 7.75. The molecule has 0 amide bonds. The van der Waals surface area contributed by atoms with Crippen molar-refractivity contribution in [2.24, 2.45) is 11.8 Å². The molecule has 0 bridgehead atoms. The summed E-state index contributed by atoms with van der Waals surface area (Å²) in [7, 11) is -3.89. The summed E-state index contributed by atoms with van der Waals surface area (Å²) in [4.78, 5) is 37.8. The number of hydrogen-bond acceptors (Lipinski definition) is 5. The van der Waals surface area contributed by atoms with E-state index in [0.29, 0.717) is 17.9 Å². The summed E-state index contributed by atoms with van der Waals surface area (Å²) in [5.41, 5.74) is 0.264. The van der Waals surface area contributed by atoms with E-state index in [4.69, 9.17) is 11.6 Å². The molecule has 2 aliphatic carbocycles. The molecule has 5 nitrogen and oxygen atoms in total. The van der Waals surface area contributed by atoms with Crippen LogP contribution in [0.25, 0.3) is 0 Å². The molecule has 0 heterocycles. The third-order valence-electron chi connectivity index (χ3n) is 4.91. The third kappa shape index (κ3) is 2.62. The summed E-state index contributed by atoms with van der Waals surface area (Å²) in [6, 6.07) is 5.97. The minimum Gasteiger partial charge on any atom is -0.298 e. The maximum absolute atomic E-state index is 13.1. The van der Waals surface area contributed by atoms with Crippen LogP contribution in [0.15, 0.2) is 24.3 Å². The molecule has 0 radical (unpaired) electrons. The zero-order valence-corrected chi connectivity index (χ0v) is 14.7. The van der Waals surface area contributed by atoms with Crippen LogP contribution in [0.3, 0.4) is 0 Å². The van der Waals surface area contributed by atoms with Crippen molar-refractivity contribution in [1.82, 2.24) is 0 Å². The molecular formula is C17H17ClO5S. The zero-order valence-electron chi connectivity index (χ0n) is 13.1. The van der Waals surface area contributed by atoms with Gasteiger partial charge in [0, 0.05) is 23.6 Å². The van der Waals surface area contributed by atoms with Gasteiger partial charge in [0.2, 0.25) is 0 Å². The minimum absolute atomic E-state index is 0.107. The Labute approximate surface area is 145 Å². The fraction of sp³-hybridized carbons (Fsp3) is 0.471. The van der Waals surface area contributed by atoms with Crippen molar-refractivity contribution < 1.29 is 22.8 Å². The van der Waals surface area contributed by atoms with Gasteiger partial charge in [-0.3, -0.25) is 14.4 Å². The highest BCUT2D eigenvalue weighted by Gasteiger charge is 2.59. The Balaban J connectivity index is 2.15. The summed E-state index contributed by atoms with van der Waals surface area (Å²) in [5.74, 6) is -3.45. The molecule has 0 spiro atoms. The van der Waals surface area contributed by atoms with Crippen LogP contribution in [-0.2, 0) is 29.0 Å². The van der Waals surface area contributed by atoms with Gasteiger partial charge < -0.3 is 0 Å². The van der Waals surface area contributed by atoms with Crippen molar-refractivity contribution in [3.05, 3.63) is 34.9 Å². The zero-order chi connectivity index (χ0) is 17.7. The fourth-order valence-electron chi connectivity index (χ4n) is 3.43. The monoisotopic (exact) mass is 368 g/mol. The van der Waals surface area contributed by atoms with Crippen LogP contribution in [0.4, 0.5) is 0 Å². The van der Waals surface area contributed by atoms with Gasteiger partial charge in [-0.1, -0.05) is 23.7 Å². The number of halogens is 1. The predicted molar refractivity (Wildman–Crippen MR) is 88.4 cm³/mol. The number of ketones is 3. The molecule has 2 unspecified atom stereocenters. The van der Waals surface area contributed by atoms with Gasteiger partial charge in [0.05, 0.1) is 0 Å². The second-order valence-corrected chi connectivity index (χ2v) is 9.22. The topological polar surface area (TPSA) is 85.3 Å². The highest BCUT2D eigenvalue weighted by molar-refractivity contribution is 7.92. The molecule has 0 saturated heterocycles. The van der Waals surface area contributed by atoms with Crippen LogP contribution < -0.4 is 0 Å². The Kier molecular flexibility index (Phi) is 4.16. The molecule has 2 fully saturated rings. The second-order valence-electron chi connectivity index (χ2n) is 6.55. The molecule has 1 aromatic rings. The fourth-order valence-corrected chi connectivity index (χ4v) is 5.07. The lowest BCUT2D eigenvalue weighted by molar-refractivity contribution is -0.144. The summed E-state index contributed by atoms with van der Waals surface area (Å²) in [5, 5.41) is 0.410. The van der Waals surface area contributed by atoms with Gasteiger partial charge in [0.25, 0.3) is 0 Å². The Hall–Kier alpha value is -1.53. The van der Waals surface area contributed by atoms with Crippen molar-refractivity contribution in [1.29, 1.82) is 0 Å². The molecule has 0 aromatic heterocycles. The first kappa shape index (κ1) is 17.3. The van der Waals surface area contributed by atoms with Gasteiger partial charge in [-0.2, -0.15) is 0 Å². The molecule has 0 aliphatic heterocycles. The molecular weight excluding hydrogens is 352 g/mol. The van der Waals surface area contributed by atoms with Crippen LogP contribution in [0.1, 0.15) is 31.2 Å². The lowest BCUT2D eigenvalue weighted by atomic mass is 9.73. The molecule has 24 heavy (non-hydrogen) atoms. The van der Waals surface area contributed by atoms with Crippen molar-refractivity contribution in [3.63, 3.8) is 0 Å². The molecule has 1 aromatic carbocycles. The van der Waals surface area contributed by atoms with Crippen LogP contribution in [0.5, 0.6) is 0 Å². The van der Waals surface area contributed by atoms with Gasteiger partial charge in [0.1, 0.15) is 5.92 Å². The number of Topliss-reactive ketones (excluding diaryl/α,β-unsaturated/α-hetero) is 3. The average molecular weight is 369 g/mol. The SMILES string of the molecule is CS(=O)(=O)C1(c2ccc(Cl)cc2)CCC(=O)C(C(=O)C2CC2)C1=O. The standard InChI is InChI=1S/C17H17ClO5S/c1-24(22,23)17(11-4-6-12(18)7-5-11)9-8-13(19)14(16(17)21)15(20)10-2-3-10/h4-7,10,14H,2-3,8-9H2,1H3. The predicted octanol–water partition coefficient (Wildman–Crippen LogP) is 2.11. The number of sulfone groups is 1. The number of hydrogen-bond donors (Lipinski definition) is 0. The number of benzene rings is 1. The first-order chi connectivity index (χ1) is 11.2. The normalized spacial score (nSPS) is 28.0. The highest BCUT2D eigenvalue weighted by atomic mass is 35.5. The van der Waals surface area contributed by atoms with E-state index in [1.165, 1.54) is 24.3 Å². The van der Waals surface area contributed by atoms with Crippen LogP contribution >= 0.6 is 11.6 Å². The van der Waals surface area contributed by atoms with E-state index in [9.17, 15) is 22.8 Å². The third-order valence-corrected chi connectivity index (χ3v) is 7.07. The highest BCUT2D eigenvalue weighted by Crippen LogP contribution is 2.45. The lowest BCUT2D eigenvalue weighted by Gasteiger charge is -2.37. The van der Waals surface area contributed by atoms with E-state index in [1.54, 1.807) is 0 Å². The first-order valence-corrected chi connectivity index (χ1v) is 10.0. The number of rotatable bonds is 4. The van der Waals surface area contributed by atoms with Crippen molar-refractivity contribution >= 4 is 38.8 Å². The maximum Gasteiger partial charge on any atom is 0.176 e. The lowest BCUT2D eigenvalue weighted by Crippen LogP contribution is -2.54. The average Bonchev–Trinajstić information content (AvgIpc) is 3.32. The molecule has 7 heteroatoms. The van der Waals surface area contributed by atoms with Gasteiger partial charge in [-0.25, -0.2) is 8.42 Å². The molecule has 2 aliphatic rings. The smallest absolute Gasteiger partial charge is 0.176 e. The van der Waals surface area contributed by atoms with E-state index in [-0.39, 0.29) is 24.3 Å². The second kappa shape index (κ2) is 5.77. The van der Waals surface area contributed by atoms with Crippen LogP contribution in [0.2, 0.25) is 5.02 Å². The van der Waals surface area contributed by atoms with E-state index >= 15 is 0 Å². The Morgan fingerprint density at radius 3 is 2.25 bits per heavy atom. The van der Waals surface area contributed by atoms with Crippen LogP contribution in [-0.4, -0.2) is 32.0 Å². The van der Waals surface area contributed by atoms with E-state index < -0.39 is 37.9 Å². The quantitative estimate of drug-likeness (QED) is 0.760. The molecule has 0 N–H and O–H groups in total. The van der Waals surface area contributed by atoms with Crippen molar-refractivity contribution in [2.45, 2.75) is 30.4 Å². The summed E-state index contributed by atoms with van der Waals surface area (Å²) < 4.78 is 23.3. The number of carbonyl (C=O) groups excluding carboxylic acids is 3. The largest absolute Gasteiger partial charge is 0.298 e. The Morgan fingerprint density at radius 2 is 1.75 bits per heavy atom. The Morgan fingerprint density at radius 1 is 1.17 bits per heavy atom. The molecule has 2 atom stereocenters. The maximum atomic E-state index is 13.1. The minimum atomic E-state index is -3.89. The summed E-state index contributed by atoms with van der Waals surface area (Å²) in [6.07, 6.45) is 2.05. The van der Waals surface area contributed by atoms with Gasteiger partial charge >= 0.3 is 0 Å². The molecule has 128 valence electrons. The van der Waals surface area contributed by atoms with Crippen LogP contribution in [0, 0.1) is 11.8 Å². The van der Waals surface area contributed by atoms with Gasteiger partial charge in [-0.05, 0) is 37.0 Å². The van der Waals surface area contributed by atoms with Gasteiger partial charge in [-0.15, -0.1) is 0 Å². The van der Waals surface area contributed by atoms with E-state index in [2.05, 4.69) is 0 Å². The molecule has 3 rings (SSSR count).